The summed E-state index contributed by atoms with van der Waals surface area (Å²) in [5, 5.41) is 18.2. The van der Waals surface area contributed by atoms with Crippen molar-refractivity contribution in [3.8, 4) is 5.75 Å². The number of rotatable bonds is 6. The first-order valence-electron chi connectivity index (χ1n) is 7.17. The van der Waals surface area contributed by atoms with Crippen LogP contribution >= 0.6 is 0 Å². The summed E-state index contributed by atoms with van der Waals surface area (Å²) in [6.07, 6.45) is 1.16. The van der Waals surface area contributed by atoms with Gasteiger partial charge in [-0.1, -0.05) is 13.0 Å². The Hall–Kier alpha value is -2.08. The third kappa shape index (κ3) is 8.97. The summed E-state index contributed by atoms with van der Waals surface area (Å²) in [6.45, 7) is 10.2. The molecule has 0 aliphatic carbocycles. The molecule has 0 fully saturated rings. The Morgan fingerprint density at radius 2 is 1.77 bits per heavy atom. The van der Waals surface area contributed by atoms with Crippen molar-refractivity contribution in [1.82, 2.24) is 5.32 Å². The van der Waals surface area contributed by atoms with E-state index in [1.807, 2.05) is 6.07 Å². The van der Waals surface area contributed by atoms with Crippen molar-refractivity contribution in [2.45, 2.75) is 40.2 Å². The fraction of sp³-hybridized carbons (Fsp3) is 0.500. The first-order valence-corrected chi connectivity index (χ1v) is 7.17. The zero-order valence-corrected chi connectivity index (χ0v) is 13.5. The Labute approximate surface area is 131 Å². The molecule has 22 heavy (non-hydrogen) atoms. The summed E-state index contributed by atoms with van der Waals surface area (Å²) in [7, 11) is 0. The van der Waals surface area contributed by atoms with Crippen molar-refractivity contribution in [1.29, 1.82) is 0 Å². The number of ether oxygens (including phenoxy) is 1. The van der Waals surface area contributed by atoms with Gasteiger partial charge in [0.2, 0.25) is 0 Å². The molecule has 0 heterocycles. The van der Waals surface area contributed by atoms with Crippen LogP contribution in [0.2, 0.25) is 0 Å². The molecule has 1 aromatic rings. The number of carboxylic acid groups (broad SMARTS) is 2. The molecule has 1 rings (SSSR count). The molecule has 0 aliphatic rings. The Bertz CT molecular complexity index is 475. The van der Waals surface area contributed by atoms with Crippen LogP contribution in [0.4, 0.5) is 0 Å². The average Bonchev–Trinajstić information content (AvgIpc) is 2.47. The van der Waals surface area contributed by atoms with Gasteiger partial charge in [0.15, 0.2) is 0 Å². The van der Waals surface area contributed by atoms with Gasteiger partial charge < -0.3 is 20.3 Å². The zero-order valence-electron chi connectivity index (χ0n) is 13.5. The van der Waals surface area contributed by atoms with Gasteiger partial charge in [0, 0.05) is 12.6 Å². The fourth-order valence-corrected chi connectivity index (χ4v) is 1.42. The Balaban J connectivity index is 0.000000626. The molecule has 0 spiro atoms. The monoisotopic (exact) mass is 311 g/mol. The van der Waals surface area contributed by atoms with Gasteiger partial charge in [-0.05, 0) is 50.5 Å². The maximum atomic E-state index is 9.10. The second-order valence-corrected chi connectivity index (χ2v) is 4.97. The van der Waals surface area contributed by atoms with Crippen LogP contribution in [0.25, 0.3) is 0 Å². The van der Waals surface area contributed by atoms with E-state index < -0.39 is 11.9 Å². The number of carbonyl (C=O) groups is 2. The third-order valence-corrected chi connectivity index (χ3v) is 3.14. The molecule has 0 aliphatic heterocycles. The highest BCUT2D eigenvalue weighted by Crippen LogP contribution is 2.15. The smallest absolute Gasteiger partial charge is 0.414 e. The van der Waals surface area contributed by atoms with Crippen molar-refractivity contribution in [3.05, 3.63) is 29.3 Å². The van der Waals surface area contributed by atoms with Gasteiger partial charge >= 0.3 is 11.9 Å². The van der Waals surface area contributed by atoms with Crippen molar-refractivity contribution in [2.75, 3.05) is 13.2 Å². The second kappa shape index (κ2) is 10.6. The molecule has 6 heteroatoms. The van der Waals surface area contributed by atoms with Gasteiger partial charge in [-0.3, -0.25) is 0 Å². The van der Waals surface area contributed by atoms with Gasteiger partial charge in [-0.2, -0.15) is 0 Å². The molecule has 0 saturated carbocycles. The van der Waals surface area contributed by atoms with E-state index in [-0.39, 0.29) is 0 Å². The average molecular weight is 311 g/mol. The van der Waals surface area contributed by atoms with Gasteiger partial charge in [0.05, 0.1) is 0 Å². The first-order chi connectivity index (χ1) is 10.3. The van der Waals surface area contributed by atoms with Gasteiger partial charge in [-0.25, -0.2) is 9.59 Å². The van der Waals surface area contributed by atoms with Crippen molar-refractivity contribution >= 4 is 11.9 Å². The summed E-state index contributed by atoms with van der Waals surface area (Å²) in [5.41, 5.74) is 2.59. The van der Waals surface area contributed by atoms with E-state index in [9.17, 15) is 0 Å². The number of benzene rings is 1. The molecule has 124 valence electrons. The fourth-order valence-electron chi connectivity index (χ4n) is 1.42. The summed E-state index contributed by atoms with van der Waals surface area (Å²) in [4.78, 5) is 18.2. The summed E-state index contributed by atoms with van der Waals surface area (Å²) < 4.78 is 5.67. The van der Waals surface area contributed by atoms with Crippen LogP contribution in [-0.2, 0) is 9.59 Å². The number of aliphatic carboxylic acids is 2. The highest BCUT2D eigenvalue weighted by Gasteiger charge is 2.04. The van der Waals surface area contributed by atoms with Crippen LogP contribution < -0.4 is 10.1 Å². The predicted molar refractivity (Wildman–Crippen MR) is 84.4 cm³/mol. The second-order valence-electron chi connectivity index (χ2n) is 4.97. The highest BCUT2D eigenvalue weighted by molar-refractivity contribution is 6.27. The van der Waals surface area contributed by atoms with Crippen LogP contribution in [0, 0.1) is 13.8 Å². The van der Waals surface area contributed by atoms with Gasteiger partial charge in [-0.15, -0.1) is 0 Å². The summed E-state index contributed by atoms with van der Waals surface area (Å²) in [6, 6.07) is 6.81. The van der Waals surface area contributed by atoms with E-state index in [1.165, 1.54) is 11.1 Å². The minimum Gasteiger partial charge on any atom is -0.492 e. The largest absolute Gasteiger partial charge is 0.492 e. The number of aryl methyl sites for hydroxylation is 2. The molecule has 0 bridgehead atoms. The SMILES string of the molecule is CCC(C)NCCOc1ccc(C)c(C)c1.O=C(O)C(=O)O. The summed E-state index contributed by atoms with van der Waals surface area (Å²) in [5.74, 6) is -2.68. The molecule has 1 unspecified atom stereocenters. The van der Waals surface area contributed by atoms with Crippen LogP contribution in [-0.4, -0.2) is 41.3 Å². The van der Waals surface area contributed by atoms with Crippen LogP contribution in [0.3, 0.4) is 0 Å². The Morgan fingerprint density at radius 3 is 2.23 bits per heavy atom. The number of hydrogen-bond donors (Lipinski definition) is 3. The maximum Gasteiger partial charge on any atom is 0.414 e. The van der Waals surface area contributed by atoms with Gasteiger partial charge in [0.1, 0.15) is 12.4 Å². The number of hydrogen-bond acceptors (Lipinski definition) is 4. The maximum absolute atomic E-state index is 9.10. The standard InChI is InChI=1S/C14H23NO.C2H2O4/c1-5-13(4)15-8-9-16-14-7-6-11(2)12(3)10-14;3-1(4)2(5)6/h6-7,10,13,15H,5,8-9H2,1-4H3;(H,3,4)(H,5,6). The topological polar surface area (TPSA) is 95.9 Å². The molecule has 0 radical (unpaired) electrons. The third-order valence-electron chi connectivity index (χ3n) is 3.14. The highest BCUT2D eigenvalue weighted by atomic mass is 16.5. The molecule has 3 N–H and O–H groups in total. The van der Waals surface area contributed by atoms with Crippen molar-refractivity contribution in [3.63, 3.8) is 0 Å². The molecule has 1 atom stereocenters. The molecule has 6 nitrogen and oxygen atoms in total. The molecule has 0 aromatic heterocycles. The van der Waals surface area contributed by atoms with Crippen molar-refractivity contribution < 1.29 is 24.5 Å². The minimum atomic E-state index is -1.82. The quantitative estimate of drug-likeness (QED) is 0.551. The van der Waals surface area contributed by atoms with Crippen LogP contribution in [0.15, 0.2) is 18.2 Å². The van der Waals surface area contributed by atoms with E-state index in [2.05, 4.69) is 45.1 Å². The lowest BCUT2D eigenvalue weighted by molar-refractivity contribution is -0.159. The summed E-state index contributed by atoms with van der Waals surface area (Å²) >= 11 is 0. The van der Waals surface area contributed by atoms with E-state index in [1.54, 1.807) is 0 Å². The lowest BCUT2D eigenvalue weighted by Gasteiger charge is -2.12. The number of nitrogens with one attached hydrogen (secondary N) is 1. The normalized spacial score (nSPS) is 11.1. The van der Waals surface area contributed by atoms with Crippen LogP contribution in [0.5, 0.6) is 5.75 Å². The van der Waals surface area contributed by atoms with E-state index in [0.717, 1.165) is 25.3 Å². The van der Waals surface area contributed by atoms with Crippen molar-refractivity contribution in [2.24, 2.45) is 0 Å². The minimum absolute atomic E-state index is 0.573. The Kier molecular flexibility index (Phi) is 9.61. The zero-order chi connectivity index (χ0) is 17.1. The molecule has 0 saturated heterocycles. The van der Waals surface area contributed by atoms with Crippen LogP contribution in [0.1, 0.15) is 31.4 Å². The molecule has 0 amide bonds. The van der Waals surface area contributed by atoms with E-state index >= 15 is 0 Å². The van der Waals surface area contributed by atoms with E-state index in [4.69, 9.17) is 24.5 Å². The first kappa shape index (κ1) is 19.9. The van der Waals surface area contributed by atoms with Gasteiger partial charge in [0.25, 0.3) is 0 Å². The lowest BCUT2D eigenvalue weighted by Crippen LogP contribution is -2.29. The molecule has 1 aromatic carbocycles. The Morgan fingerprint density at radius 1 is 1.18 bits per heavy atom. The molecular weight excluding hydrogens is 286 g/mol. The lowest BCUT2D eigenvalue weighted by atomic mass is 10.1. The number of carboxylic acids is 2. The predicted octanol–water partition coefficient (Wildman–Crippen LogP) is 2.23. The molecular formula is C16H25NO5. The van der Waals surface area contributed by atoms with E-state index in [0.29, 0.717) is 6.04 Å².